The van der Waals surface area contributed by atoms with Gasteiger partial charge in [-0.1, -0.05) is 6.92 Å². The van der Waals surface area contributed by atoms with Crippen LogP contribution in [-0.2, 0) is 4.79 Å². The monoisotopic (exact) mass is 218 g/mol. The number of hydrogen-bond donors (Lipinski definition) is 2. The highest BCUT2D eigenvalue weighted by Gasteiger charge is 2.41. The van der Waals surface area contributed by atoms with E-state index in [1.807, 2.05) is 0 Å². The second kappa shape index (κ2) is 4.49. The summed E-state index contributed by atoms with van der Waals surface area (Å²) in [6.45, 7) is 4.19. The number of hydrogen-bond acceptors (Lipinski definition) is 2. The van der Waals surface area contributed by atoms with E-state index >= 15 is 0 Å². The third-order valence-corrected chi connectivity index (χ3v) is 3.46. The minimum Gasteiger partial charge on any atom is -0.356 e. The highest BCUT2D eigenvalue weighted by molar-refractivity contribution is 5.85. The Bertz CT molecular complexity index is 222. The SMILES string of the molecule is CCC1CC2(CCN1)CNC(=O)C2.Cl. The maximum Gasteiger partial charge on any atom is 0.220 e. The summed E-state index contributed by atoms with van der Waals surface area (Å²) in [6, 6.07) is 0.626. The second-order valence-corrected chi connectivity index (χ2v) is 4.47. The van der Waals surface area contributed by atoms with Crippen LogP contribution in [0, 0.1) is 5.41 Å². The number of carbonyl (C=O) groups is 1. The van der Waals surface area contributed by atoms with E-state index in [2.05, 4.69) is 17.6 Å². The van der Waals surface area contributed by atoms with Gasteiger partial charge in [-0.15, -0.1) is 12.4 Å². The van der Waals surface area contributed by atoms with Gasteiger partial charge >= 0.3 is 0 Å². The molecule has 1 amide bonds. The highest BCUT2D eigenvalue weighted by atomic mass is 35.5. The van der Waals surface area contributed by atoms with Crippen LogP contribution in [-0.4, -0.2) is 25.0 Å². The zero-order valence-corrected chi connectivity index (χ0v) is 9.45. The summed E-state index contributed by atoms with van der Waals surface area (Å²) in [4.78, 5) is 11.2. The van der Waals surface area contributed by atoms with Gasteiger partial charge < -0.3 is 10.6 Å². The zero-order valence-electron chi connectivity index (χ0n) is 8.64. The second-order valence-electron chi connectivity index (χ2n) is 4.47. The predicted molar refractivity (Wildman–Crippen MR) is 58.6 cm³/mol. The van der Waals surface area contributed by atoms with Crippen molar-refractivity contribution in [3.63, 3.8) is 0 Å². The normalized spacial score (nSPS) is 36.6. The van der Waals surface area contributed by atoms with E-state index in [0.717, 1.165) is 25.9 Å². The van der Waals surface area contributed by atoms with E-state index < -0.39 is 0 Å². The van der Waals surface area contributed by atoms with E-state index in [1.165, 1.54) is 12.8 Å². The van der Waals surface area contributed by atoms with E-state index in [-0.39, 0.29) is 18.3 Å². The van der Waals surface area contributed by atoms with Gasteiger partial charge in [-0.25, -0.2) is 0 Å². The van der Waals surface area contributed by atoms with Gasteiger partial charge in [0, 0.05) is 19.0 Å². The average molecular weight is 219 g/mol. The molecule has 2 fully saturated rings. The van der Waals surface area contributed by atoms with E-state index in [9.17, 15) is 4.79 Å². The molecule has 2 N–H and O–H groups in total. The molecular weight excluding hydrogens is 200 g/mol. The molecule has 1 spiro atoms. The van der Waals surface area contributed by atoms with Crippen LogP contribution in [0.1, 0.15) is 32.6 Å². The maximum atomic E-state index is 11.2. The number of nitrogens with one attached hydrogen (secondary N) is 2. The van der Waals surface area contributed by atoms with Crippen molar-refractivity contribution >= 4 is 18.3 Å². The summed E-state index contributed by atoms with van der Waals surface area (Å²) in [5, 5.41) is 6.45. The van der Waals surface area contributed by atoms with Crippen molar-refractivity contribution in [1.82, 2.24) is 10.6 Å². The lowest BCUT2D eigenvalue weighted by Gasteiger charge is -2.37. The van der Waals surface area contributed by atoms with E-state index in [1.54, 1.807) is 0 Å². The molecule has 2 rings (SSSR count). The summed E-state index contributed by atoms with van der Waals surface area (Å²) in [6.07, 6.45) is 4.26. The van der Waals surface area contributed by atoms with Crippen molar-refractivity contribution in [2.24, 2.45) is 5.41 Å². The van der Waals surface area contributed by atoms with Crippen molar-refractivity contribution < 1.29 is 4.79 Å². The molecule has 4 heteroatoms. The first-order valence-electron chi connectivity index (χ1n) is 5.24. The van der Waals surface area contributed by atoms with Gasteiger partial charge in [-0.3, -0.25) is 4.79 Å². The molecule has 0 bridgehead atoms. The van der Waals surface area contributed by atoms with Gasteiger partial charge in [0.25, 0.3) is 0 Å². The van der Waals surface area contributed by atoms with E-state index in [0.29, 0.717) is 11.5 Å². The van der Waals surface area contributed by atoms with Crippen molar-refractivity contribution in [2.75, 3.05) is 13.1 Å². The fourth-order valence-corrected chi connectivity index (χ4v) is 2.60. The third-order valence-electron chi connectivity index (χ3n) is 3.46. The van der Waals surface area contributed by atoms with Crippen molar-refractivity contribution in [1.29, 1.82) is 0 Å². The molecule has 0 aromatic carbocycles. The van der Waals surface area contributed by atoms with Crippen LogP contribution in [0.15, 0.2) is 0 Å². The Morgan fingerprint density at radius 1 is 1.57 bits per heavy atom. The standard InChI is InChI=1S/C10H18N2O.ClH/c1-2-8-5-10(3-4-11-8)6-9(13)12-7-10;/h8,11H,2-7H2,1H3,(H,12,13);1H. The van der Waals surface area contributed by atoms with Crippen LogP contribution in [0.25, 0.3) is 0 Å². The number of halogens is 1. The van der Waals surface area contributed by atoms with Crippen molar-refractivity contribution in [3.8, 4) is 0 Å². The fourth-order valence-electron chi connectivity index (χ4n) is 2.60. The van der Waals surface area contributed by atoms with Gasteiger partial charge in [-0.2, -0.15) is 0 Å². The first-order valence-corrected chi connectivity index (χ1v) is 5.24. The van der Waals surface area contributed by atoms with Crippen LogP contribution in [0.3, 0.4) is 0 Å². The van der Waals surface area contributed by atoms with Gasteiger partial charge in [0.05, 0.1) is 0 Å². The quantitative estimate of drug-likeness (QED) is 0.692. The lowest BCUT2D eigenvalue weighted by atomic mass is 9.75. The number of amides is 1. The van der Waals surface area contributed by atoms with Crippen LogP contribution in [0.2, 0.25) is 0 Å². The van der Waals surface area contributed by atoms with Gasteiger partial charge in [0.1, 0.15) is 0 Å². The Labute approximate surface area is 91.4 Å². The molecule has 0 aliphatic carbocycles. The lowest BCUT2D eigenvalue weighted by molar-refractivity contribution is -0.119. The van der Waals surface area contributed by atoms with Crippen molar-refractivity contribution in [3.05, 3.63) is 0 Å². The van der Waals surface area contributed by atoms with E-state index in [4.69, 9.17) is 0 Å². The molecule has 82 valence electrons. The maximum absolute atomic E-state index is 11.2. The summed E-state index contributed by atoms with van der Waals surface area (Å²) in [7, 11) is 0. The number of piperidine rings is 1. The smallest absolute Gasteiger partial charge is 0.220 e. The first-order chi connectivity index (χ1) is 6.24. The van der Waals surface area contributed by atoms with Crippen LogP contribution in [0.4, 0.5) is 0 Å². The molecule has 2 heterocycles. The molecule has 0 aromatic heterocycles. The Balaban J connectivity index is 0.000000980. The largest absolute Gasteiger partial charge is 0.356 e. The first kappa shape index (κ1) is 11.8. The molecule has 2 unspecified atom stereocenters. The molecule has 0 saturated carbocycles. The third kappa shape index (κ3) is 2.20. The molecule has 2 saturated heterocycles. The Morgan fingerprint density at radius 2 is 2.36 bits per heavy atom. The topological polar surface area (TPSA) is 41.1 Å². The molecule has 2 aliphatic heterocycles. The minimum atomic E-state index is 0. The summed E-state index contributed by atoms with van der Waals surface area (Å²) in [5.41, 5.74) is 0.295. The Morgan fingerprint density at radius 3 is 2.93 bits per heavy atom. The van der Waals surface area contributed by atoms with Crippen molar-refractivity contribution in [2.45, 2.75) is 38.6 Å². The van der Waals surface area contributed by atoms with Crippen LogP contribution in [0.5, 0.6) is 0 Å². The fraction of sp³-hybridized carbons (Fsp3) is 0.900. The zero-order chi connectivity index (χ0) is 9.31. The number of carbonyl (C=O) groups excluding carboxylic acids is 1. The molecular formula is C10H19ClN2O. The van der Waals surface area contributed by atoms with Crippen LogP contribution < -0.4 is 10.6 Å². The molecule has 0 aromatic rings. The van der Waals surface area contributed by atoms with Gasteiger partial charge in [0.15, 0.2) is 0 Å². The summed E-state index contributed by atoms with van der Waals surface area (Å²) in [5.74, 6) is 0.247. The average Bonchev–Trinajstić information content (AvgIpc) is 2.47. The summed E-state index contributed by atoms with van der Waals surface area (Å²) >= 11 is 0. The molecule has 0 radical (unpaired) electrons. The molecule has 14 heavy (non-hydrogen) atoms. The summed E-state index contributed by atoms with van der Waals surface area (Å²) < 4.78 is 0. The van der Waals surface area contributed by atoms with Crippen LogP contribution >= 0.6 is 12.4 Å². The minimum absolute atomic E-state index is 0. The highest BCUT2D eigenvalue weighted by Crippen LogP contribution is 2.37. The Kier molecular flexibility index (Phi) is 3.78. The van der Waals surface area contributed by atoms with Gasteiger partial charge in [0.2, 0.25) is 5.91 Å². The Hall–Kier alpha value is -0.280. The lowest BCUT2D eigenvalue weighted by Crippen LogP contribution is -2.44. The predicted octanol–water partition coefficient (Wildman–Crippen LogP) is 1.08. The molecule has 3 nitrogen and oxygen atoms in total. The number of rotatable bonds is 1. The molecule has 2 aliphatic rings. The molecule has 2 atom stereocenters. The van der Waals surface area contributed by atoms with Gasteiger partial charge in [-0.05, 0) is 31.2 Å².